The topological polar surface area (TPSA) is 59.1 Å². The van der Waals surface area contributed by atoms with E-state index in [1.807, 2.05) is 0 Å². The molecule has 1 N–H and O–H groups in total. The molecular weight excluding hydrogens is 172 g/mol. The molecule has 0 bridgehead atoms. The van der Waals surface area contributed by atoms with E-state index < -0.39 is 6.10 Å². The summed E-state index contributed by atoms with van der Waals surface area (Å²) in [6, 6.07) is 0. The Morgan fingerprint density at radius 2 is 2.31 bits per heavy atom. The van der Waals surface area contributed by atoms with Crippen molar-refractivity contribution in [1.29, 1.82) is 0 Å². The van der Waals surface area contributed by atoms with Crippen LogP contribution in [0.25, 0.3) is 0 Å². The zero-order valence-corrected chi connectivity index (χ0v) is 8.03. The molecular formula is C9H16O4. The molecule has 1 saturated heterocycles. The highest BCUT2D eigenvalue weighted by Crippen LogP contribution is 2.22. The molecule has 2 atom stereocenters. The van der Waals surface area contributed by atoms with E-state index in [-0.39, 0.29) is 18.7 Å². The Labute approximate surface area is 77.8 Å². The fourth-order valence-corrected chi connectivity index (χ4v) is 0.966. The van der Waals surface area contributed by atoms with Gasteiger partial charge in [-0.3, -0.25) is 0 Å². The predicted octanol–water partition coefficient (Wildman–Crippen LogP) is 0.335. The van der Waals surface area contributed by atoms with E-state index in [0.717, 1.165) is 6.42 Å². The van der Waals surface area contributed by atoms with Crippen LogP contribution in [0.5, 0.6) is 0 Å². The molecule has 1 aliphatic rings. The second-order valence-corrected chi connectivity index (χ2v) is 3.63. The van der Waals surface area contributed by atoms with Gasteiger partial charge in [-0.05, 0) is 12.3 Å². The first kappa shape index (κ1) is 10.5. The van der Waals surface area contributed by atoms with Gasteiger partial charge in [-0.2, -0.15) is 0 Å². The molecule has 1 rings (SSSR count). The van der Waals surface area contributed by atoms with Gasteiger partial charge in [0.05, 0.1) is 13.2 Å². The van der Waals surface area contributed by atoms with Crippen LogP contribution in [0.1, 0.15) is 20.3 Å². The smallest absolute Gasteiger partial charge is 0.338 e. The van der Waals surface area contributed by atoms with E-state index in [1.165, 1.54) is 0 Å². The molecule has 0 aliphatic carbocycles. The quantitative estimate of drug-likeness (QED) is 0.499. The predicted molar refractivity (Wildman–Crippen MR) is 46.2 cm³/mol. The lowest BCUT2D eigenvalue weighted by molar-refractivity contribution is -0.145. The lowest BCUT2D eigenvalue weighted by atomic mass is 10.1. The van der Waals surface area contributed by atoms with Crippen LogP contribution in [-0.4, -0.2) is 36.5 Å². The third kappa shape index (κ3) is 3.32. The first-order chi connectivity index (χ1) is 6.15. The van der Waals surface area contributed by atoms with E-state index >= 15 is 0 Å². The van der Waals surface area contributed by atoms with Crippen LogP contribution in [0, 0.1) is 5.92 Å². The average Bonchev–Trinajstić information content (AvgIpc) is 2.81. The molecule has 4 heteroatoms. The maximum atomic E-state index is 11.1. The van der Waals surface area contributed by atoms with Gasteiger partial charge in [0.25, 0.3) is 0 Å². The summed E-state index contributed by atoms with van der Waals surface area (Å²) >= 11 is 0. The third-order valence-electron chi connectivity index (χ3n) is 1.93. The number of hydrogen-bond acceptors (Lipinski definition) is 4. The molecule has 13 heavy (non-hydrogen) atoms. The summed E-state index contributed by atoms with van der Waals surface area (Å²) in [7, 11) is 0. The van der Waals surface area contributed by atoms with Crippen molar-refractivity contribution in [2.75, 3.05) is 13.2 Å². The van der Waals surface area contributed by atoms with Crippen molar-refractivity contribution >= 4 is 5.97 Å². The summed E-state index contributed by atoms with van der Waals surface area (Å²) in [5.74, 6) is 0.182. The van der Waals surface area contributed by atoms with E-state index in [2.05, 4.69) is 13.8 Å². The zero-order chi connectivity index (χ0) is 9.84. The fraction of sp³-hybridized carbons (Fsp3) is 0.889. The molecule has 1 fully saturated rings. The number of carbonyl (C=O) groups excluding carboxylic acids is 1. The van der Waals surface area contributed by atoms with Crippen molar-refractivity contribution in [3.05, 3.63) is 0 Å². The number of rotatable bonds is 5. The summed E-state index contributed by atoms with van der Waals surface area (Å²) in [5.41, 5.74) is 0. The number of aliphatic hydroxyl groups excluding tert-OH is 1. The van der Waals surface area contributed by atoms with Gasteiger partial charge in [-0.25, -0.2) is 4.79 Å². The SMILES string of the molecule is CC(C)CCOC(=O)C1OC1CO. The molecule has 0 aromatic rings. The highest BCUT2D eigenvalue weighted by molar-refractivity contribution is 5.77. The molecule has 1 heterocycles. The van der Waals surface area contributed by atoms with Crippen LogP contribution in [0.4, 0.5) is 0 Å². The Kier molecular flexibility index (Phi) is 3.69. The van der Waals surface area contributed by atoms with Crippen molar-refractivity contribution < 1.29 is 19.4 Å². The normalized spacial score (nSPS) is 26.2. The van der Waals surface area contributed by atoms with Gasteiger partial charge in [0, 0.05) is 0 Å². The molecule has 1 aliphatic heterocycles. The van der Waals surface area contributed by atoms with Gasteiger partial charge in [-0.15, -0.1) is 0 Å². The molecule has 76 valence electrons. The lowest BCUT2D eigenvalue weighted by Gasteiger charge is -2.04. The molecule has 0 amide bonds. The Morgan fingerprint density at radius 1 is 1.62 bits per heavy atom. The van der Waals surface area contributed by atoms with E-state index in [4.69, 9.17) is 14.6 Å². The molecule has 0 aromatic heterocycles. The minimum Gasteiger partial charge on any atom is -0.464 e. The zero-order valence-electron chi connectivity index (χ0n) is 8.03. The number of aliphatic hydroxyl groups is 1. The van der Waals surface area contributed by atoms with Crippen LogP contribution >= 0.6 is 0 Å². The van der Waals surface area contributed by atoms with E-state index in [9.17, 15) is 4.79 Å². The van der Waals surface area contributed by atoms with Gasteiger partial charge >= 0.3 is 5.97 Å². The summed E-state index contributed by atoms with van der Waals surface area (Å²) in [4.78, 5) is 11.1. The highest BCUT2D eigenvalue weighted by Gasteiger charge is 2.45. The molecule has 0 aromatic carbocycles. The van der Waals surface area contributed by atoms with Crippen molar-refractivity contribution in [1.82, 2.24) is 0 Å². The van der Waals surface area contributed by atoms with Gasteiger partial charge < -0.3 is 14.6 Å². The standard InChI is InChI=1S/C9H16O4/c1-6(2)3-4-12-9(11)8-7(5-10)13-8/h6-8,10H,3-5H2,1-2H3. The number of ether oxygens (including phenoxy) is 2. The maximum absolute atomic E-state index is 11.1. The number of esters is 1. The monoisotopic (exact) mass is 188 g/mol. The number of carbonyl (C=O) groups is 1. The first-order valence-electron chi connectivity index (χ1n) is 4.58. The maximum Gasteiger partial charge on any atom is 0.338 e. The van der Waals surface area contributed by atoms with Gasteiger partial charge in [0.1, 0.15) is 6.10 Å². The number of epoxide rings is 1. The molecule has 2 unspecified atom stereocenters. The molecule has 0 spiro atoms. The second-order valence-electron chi connectivity index (χ2n) is 3.63. The van der Waals surface area contributed by atoms with Crippen molar-refractivity contribution in [3.8, 4) is 0 Å². The minimum absolute atomic E-state index is 0.107. The van der Waals surface area contributed by atoms with Crippen molar-refractivity contribution in [3.63, 3.8) is 0 Å². The van der Waals surface area contributed by atoms with Crippen LogP contribution in [0.3, 0.4) is 0 Å². The van der Waals surface area contributed by atoms with Gasteiger partial charge in [0.2, 0.25) is 0 Å². The van der Waals surface area contributed by atoms with Crippen LogP contribution in [0.15, 0.2) is 0 Å². The molecule has 4 nitrogen and oxygen atoms in total. The average molecular weight is 188 g/mol. The summed E-state index contributed by atoms with van der Waals surface area (Å²) in [5, 5.41) is 8.61. The summed E-state index contributed by atoms with van der Waals surface area (Å²) in [6.07, 6.45) is 0.0196. The van der Waals surface area contributed by atoms with Gasteiger partial charge in [0.15, 0.2) is 6.10 Å². The second kappa shape index (κ2) is 4.58. The lowest BCUT2D eigenvalue weighted by Crippen LogP contribution is -2.16. The van der Waals surface area contributed by atoms with E-state index in [1.54, 1.807) is 0 Å². The summed E-state index contributed by atoms with van der Waals surface area (Å²) in [6.45, 7) is 4.47. The Balaban J connectivity index is 2.06. The van der Waals surface area contributed by atoms with Crippen LogP contribution in [-0.2, 0) is 14.3 Å². The van der Waals surface area contributed by atoms with Crippen LogP contribution in [0.2, 0.25) is 0 Å². The third-order valence-corrected chi connectivity index (χ3v) is 1.93. The Hall–Kier alpha value is -0.610. The Morgan fingerprint density at radius 3 is 2.77 bits per heavy atom. The minimum atomic E-state index is -0.517. The van der Waals surface area contributed by atoms with Crippen LogP contribution < -0.4 is 0 Å². The first-order valence-corrected chi connectivity index (χ1v) is 4.58. The molecule has 0 saturated carbocycles. The number of hydrogen-bond donors (Lipinski definition) is 1. The fourth-order valence-electron chi connectivity index (χ4n) is 0.966. The summed E-state index contributed by atoms with van der Waals surface area (Å²) < 4.78 is 9.79. The largest absolute Gasteiger partial charge is 0.464 e. The highest BCUT2D eigenvalue weighted by atomic mass is 16.6. The van der Waals surface area contributed by atoms with E-state index in [0.29, 0.717) is 12.5 Å². The van der Waals surface area contributed by atoms with Crippen molar-refractivity contribution in [2.45, 2.75) is 32.5 Å². The van der Waals surface area contributed by atoms with Crippen molar-refractivity contribution in [2.24, 2.45) is 5.92 Å². The molecule has 0 radical (unpaired) electrons. The van der Waals surface area contributed by atoms with Gasteiger partial charge in [-0.1, -0.05) is 13.8 Å². The Bertz CT molecular complexity index is 178.